The minimum atomic E-state index is -0.470. The van der Waals surface area contributed by atoms with Gasteiger partial charge in [-0.15, -0.1) is 11.8 Å². The largest absolute Gasteiger partial charge is 0.442 e. The zero-order chi connectivity index (χ0) is 20.5. The van der Waals surface area contributed by atoms with Gasteiger partial charge in [0.1, 0.15) is 6.10 Å². The fraction of sp³-hybridized carbons (Fsp3) is 0.250. The molecule has 0 spiro atoms. The van der Waals surface area contributed by atoms with Crippen molar-refractivity contribution in [3.05, 3.63) is 53.1 Å². The van der Waals surface area contributed by atoms with Gasteiger partial charge >= 0.3 is 6.09 Å². The molecule has 2 aromatic carbocycles. The highest BCUT2D eigenvalue weighted by molar-refractivity contribution is 8.00. The normalized spacial score (nSPS) is 18.5. The number of cyclic esters (lactones) is 1. The number of carbonyl (C=O) groups is 3. The minimum Gasteiger partial charge on any atom is -0.442 e. The monoisotopic (exact) mass is 431 g/mol. The van der Waals surface area contributed by atoms with Crippen molar-refractivity contribution in [1.82, 2.24) is 5.32 Å². The van der Waals surface area contributed by atoms with Crippen LogP contribution in [0.15, 0.2) is 47.4 Å². The third-order valence-electron chi connectivity index (χ3n) is 4.82. The molecule has 0 radical (unpaired) electrons. The van der Waals surface area contributed by atoms with Crippen LogP contribution in [0.25, 0.3) is 0 Å². The number of benzene rings is 2. The highest BCUT2D eigenvalue weighted by atomic mass is 35.5. The van der Waals surface area contributed by atoms with Gasteiger partial charge < -0.3 is 15.0 Å². The van der Waals surface area contributed by atoms with E-state index in [1.807, 2.05) is 12.1 Å². The van der Waals surface area contributed by atoms with Gasteiger partial charge in [0.25, 0.3) is 5.91 Å². The summed E-state index contributed by atoms with van der Waals surface area (Å²) in [5, 5.41) is 3.13. The van der Waals surface area contributed by atoms with E-state index in [4.69, 9.17) is 16.3 Å². The van der Waals surface area contributed by atoms with Gasteiger partial charge in [0, 0.05) is 17.6 Å². The standard InChI is InChI=1S/C20H18ClN3O4S/c1-23-16-7-6-12(8-17(16)29-11-18(23)25)24-10-13(28-20(24)27)9-22-19(26)14-4-2-3-5-15(14)21/h2-8,13H,9-11H2,1H3,(H,22,26)/t13-/m0/s1. The first-order chi connectivity index (χ1) is 13.9. The third kappa shape index (κ3) is 3.90. The van der Waals surface area contributed by atoms with E-state index in [1.54, 1.807) is 42.3 Å². The third-order valence-corrected chi connectivity index (χ3v) is 6.18. The van der Waals surface area contributed by atoms with Crippen molar-refractivity contribution in [2.24, 2.45) is 0 Å². The lowest BCUT2D eigenvalue weighted by Crippen LogP contribution is -2.34. The Bertz CT molecular complexity index is 999. The van der Waals surface area contributed by atoms with Gasteiger partial charge in [0.2, 0.25) is 5.91 Å². The summed E-state index contributed by atoms with van der Waals surface area (Å²) >= 11 is 7.49. The SMILES string of the molecule is CN1C(=O)CSc2cc(N3C[C@H](CNC(=O)c4ccccc4Cl)OC3=O)ccc21. The number of nitrogens with zero attached hydrogens (tertiary/aromatic N) is 2. The highest BCUT2D eigenvalue weighted by Gasteiger charge is 2.33. The van der Waals surface area contributed by atoms with E-state index >= 15 is 0 Å². The van der Waals surface area contributed by atoms with E-state index in [-0.39, 0.29) is 18.4 Å². The van der Waals surface area contributed by atoms with Crippen LogP contribution in [0.4, 0.5) is 16.2 Å². The number of fused-ring (bicyclic) bond motifs is 1. The Labute approximate surface area is 176 Å². The predicted octanol–water partition coefficient (Wildman–Crippen LogP) is 3.16. The molecule has 1 N–H and O–H groups in total. The first-order valence-electron chi connectivity index (χ1n) is 8.98. The molecule has 0 bridgehead atoms. The second-order valence-electron chi connectivity index (χ2n) is 6.70. The van der Waals surface area contributed by atoms with E-state index < -0.39 is 12.2 Å². The molecule has 2 aromatic rings. The lowest BCUT2D eigenvalue weighted by atomic mass is 10.2. The Morgan fingerprint density at radius 2 is 2.07 bits per heavy atom. The summed E-state index contributed by atoms with van der Waals surface area (Å²) in [5.41, 5.74) is 1.90. The Kier molecular flexibility index (Phi) is 5.38. The number of nitrogens with one attached hydrogen (secondary N) is 1. The Hall–Kier alpha value is -2.71. The molecule has 29 heavy (non-hydrogen) atoms. The smallest absolute Gasteiger partial charge is 0.414 e. The van der Waals surface area contributed by atoms with E-state index in [0.717, 1.165) is 10.6 Å². The summed E-state index contributed by atoms with van der Waals surface area (Å²) in [7, 11) is 1.74. The fourth-order valence-electron chi connectivity index (χ4n) is 3.22. The number of thioether (sulfide) groups is 1. The lowest BCUT2D eigenvalue weighted by molar-refractivity contribution is -0.116. The predicted molar refractivity (Wildman–Crippen MR) is 112 cm³/mol. The molecular weight excluding hydrogens is 414 g/mol. The van der Waals surface area contributed by atoms with Gasteiger partial charge in [-0.2, -0.15) is 0 Å². The summed E-state index contributed by atoms with van der Waals surface area (Å²) < 4.78 is 5.40. The zero-order valence-corrected chi connectivity index (χ0v) is 17.1. The highest BCUT2D eigenvalue weighted by Crippen LogP contribution is 2.38. The molecule has 1 fully saturated rings. The molecule has 2 heterocycles. The molecule has 3 amide bonds. The molecule has 0 unspecified atom stereocenters. The van der Waals surface area contributed by atoms with E-state index in [2.05, 4.69) is 5.32 Å². The molecule has 150 valence electrons. The number of anilines is 2. The van der Waals surface area contributed by atoms with Gasteiger partial charge in [0.15, 0.2) is 0 Å². The van der Waals surface area contributed by atoms with Crippen molar-refractivity contribution in [3.8, 4) is 0 Å². The van der Waals surface area contributed by atoms with Crippen molar-refractivity contribution in [1.29, 1.82) is 0 Å². The number of halogens is 1. The number of carbonyl (C=O) groups excluding carboxylic acids is 3. The van der Waals surface area contributed by atoms with Crippen molar-refractivity contribution in [2.45, 2.75) is 11.0 Å². The van der Waals surface area contributed by atoms with Crippen LogP contribution in [0.2, 0.25) is 5.02 Å². The molecule has 7 nitrogen and oxygen atoms in total. The molecule has 0 aliphatic carbocycles. The molecule has 1 atom stereocenters. The second kappa shape index (κ2) is 7.96. The van der Waals surface area contributed by atoms with Gasteiger partial charge in [-0.1, -0.05) is 23.7 Å². The number of amides is 3. The number of hydrogen-bond donors (Lipinski definition) is 1. The molecule has 0 aromatic heterocycles. The maximum atomic E-state index is 12.3. The van der Waals surface area contributed by atoms with Gasteiger partial charge in [-0.3, -0.25) is 14.5 Å². The van der Waals surface area contributed by atoms with Crippen molar-refractivity contribution >= 4 is 52.6 Å². The molecule has 1 saturated heterocycles. The molecule has 0 saturated carbocycles. The second-order valence-corrected chi connectivity index (χ2v) is 8.12. The maximum Gasteiger partial charge on any atom is 0.414 e. The van der Waals surface area contributed by atoms with E-state index in [9.17, 15) is 14.4 Å². The molecule has 4 rings (SSSR count). The molecule has 2 aliphatic heterocycles. The minimum absolute atomic E-state index is 0.0464. The first kappa shape index (κ1) is 19.6. The van der Waals surface area contributed by atoms with Crippen LogP contribution in [0.1, 0.15) is 10.4 Å². The Morgan fingerprint density at radius 3 is 2.86 bits per heavy atom. The number of ether oxygens (including phenoxy) is 1. The Balaban J connectivity index is 1.41. The summed E-state index contributed by atoms with van der Waals surface area (Å²) in [6.07, 6.45) is -0.936. The number of hydrogen-bond acceptors (Lipinski definition) is 5. The van der Waals surface area contributed by atoms with Crippen LogP contribution in [-0.4, -0.2) is 49.9 Å². The van der Waals surface area contributed by atoms with Gasteiger partial charge in [-0.05, 0) is 30.3 Å². The van der Waals surface area contributed by atoms with E-state index in [0.29, 0.717) is 28.6 Å². The van der Waals surface area contributed by atoms with Crippen LogP contribution in [0.5, 0.6) is 0 Å². The van der Waals surface area contributed by atoms with Crippen LogP contribution in [0.3, 0.4) is 0 Å². The van der Waals surface area contributed by atoms with Gasteiger partial charge in [0.05, 0.1) is 35.1 Å². The number of rotatable bonds is 4. The summed E-state index contributed by atoms with van der Waals surface area (Å²) in [4.78, 5) is 40.5. The van der Waals surface area contributed by atoms with Crippen LogP contribution in [0, 0.1) is 0 Å². The summed E-state index contributed by atoms with van der Waals surface area (Å²) in [6.45, 7) is 0.503. The summed E-state index contributed by atoms with van der Waals surface area (Å²) in [5.74, 6) is 0.0989. The van der Waals surface area contributed by atoms with Crippen LogP contribution >= 0.6 is 23.4 Å². The maximum absolute atomic E-state index is 12.3. The van der Waals surface area contributed by atoms with Crippen molar-refractivity contribution in [2.75, 3.05) is 35.7 Å². The lowest BCUT2D eigenvalue weighted by Gasteiger charge is -2.26. The molecule has 9 heteroatoms. The van der Waals surface area contributed by atoms with Crippen molar-refractivity contribution in [3.63, 3.8) is 0 Å². The Morgan fingerprint density at radius 1 is 1.28 bits per heavy atom. The summed E-state index contributed by atoms with van der Waals surface area (Å²) in [6, 6.07) is 12.3. The van der Waals surface area contributed by atoms with Crippen LogP contribution in [-0.2, 0) is 9.53 Å². The van der Waals surface area contributed by atoms with Crippen LogP contribution < -0.4 is 15.1 Å². The first-order valence-corrected chi connectivity index (χ1v) is 10.3. The average molecular weight is 432 g/mol. The van der Waals surface area contributed by atoms with Crippen molar-refractivity contribution < 1.29 is 19.1 Å². The molecule has 2 aliphatic rings. The quantitative estimate of drug-likeness (QED) is 0.804. The average Bonchev–Trinajstić information content (AvgIpc) is 3.09. The van der Waals surface area contributed by atoms with Gasteiger partial charge in [-0.25, -0.2) is 4.79 Å². The molecular formula is C20H18ClN3O4S. The zero-order valence-electron chi connectivity index (χ0n) is 15.6. The topological polar surface area (TPSA) is 79.0 Å². The fourth-order valence-corrected chi connectivity index (χ4v) is 4.47. The van der Waals surface area contributed by atoms with E-state index in [1.165, 1.54) is 16.7 Å².